The van der Waals surface area contributed by atoms with Gasteiger partial charge in [0.15, 0.2) is 11.6 Å². The van der Waals surface area contributed by atoms with Crippen LogP contribution in [0.2, 0.25) is 0 Å². The molecular weight excluding hydrogens is 264 g/mol. The number of benzene rings is 1. The van der Waals surface area contributed by atoms with Crippen molar-refractivity contribution in [2.75, 3.05) is 12.8 Å². The number of nitrogens with zero attached hydrogens (tertiary/aromatic N) is 1. The molecule has 1 aliphatic carbocycles. The van der Waals surface area contributed by atoms with Crippen LogP contribution in [0.15, 0.2) is 28.8 Å². The second-order valence-electron chi connectivity index (χ2n) is 6.88. The molecule has 1 heterocycles. The van der Waals surface area contributed by atoms with Crippen LogP contribution in [0.25, 0.3) is 11.1 Å². The molecule has 0 aliphatic heterocycles. The van der Waals surface area contributed by atoms with Gasteiger partial charge in [0.05, 0.1) is 12.7 Å². The van der Waals surface area contributed by atoms with Crippen LogP contribution < -0.4 is 10.5 Å². The van der Waals surface area contributed by atoms with Gasteiger partial charge in [0.25, 0.3) is 0 Å². The molecule has 0 unspecified atom stereocenters. The molecule has 0 radical (unpaired) electrons. The van der Waals surface area contributed by atoms with E-state index in [1.807, 2.05) is 24.3 Å². The third-order valence-corrected chi connectivity index (χ3v) is 5.40. The molecule has 0 atom stereocenters. The van der Waals surface area contributed by atoms with Gasteiger partial charge in [-0.3, -0.25) is 0 Å². The summed E-state index contributed by atoms with van der Waals surface area (Å²) < 4.78 is 11.1. The molecule has 0 amide bonds. The van der Waals surface area contributed by atoms with Crippen LogP contribution in [0.4, 0.5) is 5.82 Å². The number of aromatic nitrogens is 1. The standard InChI is InChI=1S/C17H22N2O2/c1-16(2)14(17(16,3)4)13-12(15(18)19-21-13)10-8-6-7-9-11(10)20-5/h6-9,14H,1-5H3,(H2,18,19). The molecule has 2 aromatic rings. The van der Waals surface area contributed by atoms with Crippen molar-refractivity contribution in [3.8, 4) is 16.9 Å². The number of methoxy groups -OCH3 is 1. The van der Waals surface area contributed by atoms with Crippen molar-refractivity contribution in [1.82, 2.24) is 5.16 Å². The Bertz CT molecular complexity index is 672. The van der Waals surface area contributed by atoms with Gasteiger partial charge in [-0.05, 0) is 16.9 Å². The Balaban J connectivity index is 2.16. The van der Waals surface area contributed by atoms with E-state index in [2.05, 4.69) is 32.9 Å². The Morgan fingerprint density at radius 2 is 1.76 bits per heavy atom. The number of ether oxygens (including phenoxy) is 1. The number of nitrogens with two attached hydrogens (primary N) is 1. The number of nitrogen functional groups attached to an aromatic ring is 1. The molecule has 112 valence electrons. The zero-order valence-corrected chi connectivity index (χ0v) is 13.2. The summed E-state index contributed by atoms with van der Waals surface area (Å²) in [6.45, 7) is 9.01. The van der Waals surface area contributed by atoms with Crippen molar-refractivity contribution in [2.24, 2.45) is 10.8 Å². The summed E-state index contributed by atoms with van der Waals surface area (Å²) in [6.07, 6.45) is 0. The zero-order valence-electron chi connectivity index (χ0n) is 13.2. The second-order valence-corrected chi connectivity index (χ2v) is 6.88. The number of rotatable bonds is 3. The summed E-state index contributed by atoms with van der Waals surface area (Å²) in [5, 5.41) is 4.01. The minimum Gasteiger partial charge on any atom is -0.496 e. The lowest BCUT2D eigenvalue weighted by Gasteiger charge is -2.09. The van der Waals surface area contributed by atoms with Crippen molar-refractivity contribution in [3.63, 3.8) is 0 Å². The molecule has 0 saturated heterocycles. The number of anilines is 1. The average molecular weight is 286 g/mol. The fraction of sp³-hybridized carbons (Fsp3) is 0.471. The monoisotopic (exact) mass is 286 g/mol. The predicted molar refractivity (Wildman–Crippen MR) is 83.2 cm³/mol. The van der Waals surface area contributed by atoms with Gasteiger partial charge in [0.2, 0.25) is 0 Å². The zero-order chi connectivity index (χ0) is 15.4. The van der Waals surface area contributed by atoms with Gasteiger partial charge in [-0.2, -0.15) is 0 Å². The van der Waals surface area contributed by atoms with Crippen LogP contribution in [0.3, 0.4) is 0 Å². The Kier molecular flexibility index (Phi) is 2.84. The minimum atomic E-state index is 0.162. The molecule has 0 spiro atoms. The van der Waals surface area contributed by atoms with Gasteiger partial charge in [-0.25, -0.2) is 0 Å². The summed E-state index contributed by atoms with van der Waals surface area (Å²) >= 11 is 0. The van der Waals surface area contributed by atoms with Crippen LogP contribution in [0, 0.1) is 10.8 Å². The van der Waals surface area contributed by atoms with Gasteiger partial charge in [-0.15, -0.1) is 0 Å². The summed E-state index contributed by atoms with van der Waals surface area (Å²) in [5.41, 5.74) is 8.21. The SMILES string of the molecule is COc1ccccc1-c1c(N)noc1C1C(C)(C)C1(C)C. The van der Waals surface area contributed by atoms with E-state index < -0.39 is 0 Å². The third kappa shape index (κ3) is 1.78. The highest BCUT2D eigenvalue weighted by Crippen LogP contribution is 2.74. The molecule has 1 saturated carbocycles. The normalized spacial score (nSPS) is 19.5. The van der Waals surface area contributed by atoms with Gasteiger partial charge in [-0.1, -0.05) is 51.1 Å². The molecule has 21 heavy (non-hydrogen) atoms. The van der Waals surface area contributed by atoms with Crippen molar-refractivity contribution < 1.29 is 9.26 Å². The first kappa shape index (κ1) is 14.0. The topological polar surface area (TPSA) is 61.3 Å². The minimum absolute atomic E-state index is 0.162. The fourth-order valence-corrected chi connectivity index (χ4v) is 3.49. The van der Waals surface area contributed by atoms with Crippen molar-refractivity contribution in [3.05, 3.63) is 30.0 Å². The van der Waals surface area contributed by atoms with Crippen molar-refractivity contribution >= 4 is 5.82 Å². The lowest BCUT2D eigenvalue weighted by atomic mass is 9.99. The maximum Gasteiger partial charge on any atom is 0.175 e. The highest BCUT2D eigenvalue weighted by Gasteiger charge is 2.67. The molecule has 3 rings (SSSR count). The molecule has 2 N–H and O–H groups in total. The van der Waals surface area contributed by atoms with E-state index in [0.29, 0.717) is 11.7 Å². The largest absolute Gasteiger partial charge is 0.496 e. The van der Waals surface area contributed by atoms with Crippen molar-refractivity contribution in [1.29, 1.82) is 0 Å². The molecule has 1 aromatic carbocycles. The van der Waals surface area contributed by atoms with Gasteiger partial charge >= 0.3 is 0 Å². The second kappa shape index (κ2) is 4.26. The first-order chi connectivity index (χ1) is 9.82. The summed E-state index contributed by atoms with van der Waals surface area (Å²) in [7, 11) is 1.66. The predicted octanol–water partition coefficient (Wildman–Crippen LogP) is 4.08. The van der Waals surface area contributed by atoms with E-state index in [9.17, 15) is 0 Å². The molecule has 4 heteroatoms. The van der Waals surface area contributed by atoms with Gasteiger partial charge in [0.1, 0.15) is 5.75 Å². The Hall–Kier alpha value is -1.97. The first-order valence-corrected chi connectivity index (χ1v) is 7.20. The molecule has 1 aliphatic rings. The fourth-order valence-electron chi connectivity index (χ4n) is 3.49. The Labute approximate surface area is 125 Å². The quantitative estimate of drug-likeness (QED) is 0.923. The average Bonchev–Trinajstić information content (AvgIpc) is 2.72. The van der Waals surface area contributed by atoms with E-state index in [4.69, 9.17) is 15.0 Å². The molecule has 1 aromatic heterocycles. The van der Waals surface area contributed by atoms with Crippen LogP contribution >= 0.6 is 0 Å². The van der Waals surface area contributed by atoms with E-state index in [-0.39, 0.29) is 10.8 Å². The van der Waals surface area contributed by atoms with Crippen LogP contribution in [0.5, 0.6) is 5.75 Å². The Morgan fingerprint density at radius 1 is 1.14 bits per heavy atom. The van der Waals surface area contributed by atoms with Crippen LogP contribution in [-0.4, -0.2) is 12.3 Å². The summed E-state index contributed by atoms with van der Waals surface area (Å²) in [4.78, 5) is 0. The number of para-hydroxylation sites is 1. The van der Waals surface area contributed by atoms with Crippen molar-refractivity contribution in [2.45, 2.75) is 33.6 Å². The summed E-state index contributed by atoms with van der Waals surface area (Å²) in [6, 6.07) is 7.83. The smallest absolute Gasteiger partial charge is 0.175 e. The number of hydrogen-bond acceptors (Lipinski definition) is 4. The lowest BCUT2D eigenvalue weighted by Crippen LogP contribution is -1.95. The van der Waals surface area contributed by atoms with E-state index >= 15 is 0 Å². The van der Waals surface area contributed by atoms with E-state index in [1.165, 1.54) is 0 Å². The first-order valence-electron chi connectivity index (χ1n) is 7.20. The lowest BCUT2D eigenvalue weighted by molar-refractivity contribution is 0.374. The highest BCUT2D eigenvalue weighted by atomic mass is 16.5. The third-order valence-electron chi connectivity index (χ3n) is 5.40. The van der Waals surface area contributed by atoms with Crippen LogP contribution in [-0.2, 0) is 0 Å². The maximum atomic E-state index is 6.08. The maximum absolute atomic E-state index is 6.08. The molecular formula is C17H22N2O2. The Morgan fingerprint density at radius 3 is 2.33 bits per heavy atom. The molecule has 4 nitrogen and oxygen atoms in total. The highest BCUT2D eigenvalue weighted by molar-refractivity contribution is 5.81. The van der Waals surface area contributed by atoms with Gasteiger partial charge in [0, 0.05) is 11.5 Å². The molecule has 1 fully saturated rings. The van der Waals surface area contributed by atoms with E-state index in [0.717, 1.165) is 22.6 Å². The summed E-state index contributed by atoms with van der Waals surface area (Å²) in [5.74, 6) is 2.37. The van der Waals surface area contributed by atoms with Gasteiger partial charge < -0.3 is 15.0 Å². The number of hydrogen-bond donors (Lipinski definition) is 1. The molecule has 0 bridgehead atoms. The van der Waals surface area contributed by atoms with Crippen LogP contribution in [0.1, 0.15) is 39.4 Å². The van der Waals surface area contributed by atoms with E-state index in [1.54, 1.807) is 7.11 Å².